The zero-order chi connectivity index (χ0) is 23.5. The van der Waals surface area contributed by atoms with Gasteiger partial charge in [0.25, 0.3) is 5.91 Å². The number of fused-ring (bicyclic) bond motifs is 2. The fraction of sp³-hybridized carbons (Fsp3) is 0.364. The highest BCUT2D eigenvalue weighted by atomic mass is 32.1. The summed E-state index contributed by atoms with van der Waals surface area (Å²) in [5, 5.41) is 3.59. The lowest BCUT2D eigenvalue weighted by molar-refractivity contribution is -0.128. The predicted molar refractivity (Wildman–Crippen MR) is 128 cm³/mol. The molecule has 172 valence electrons. The molecule has 0 spiro atoms. The van der Waals surface area contributed by atoms with Crippen molar-refractivity contribution in [2.45, 2.75) is 19.9 Å². The van der Waals surface area contributed by atoms with Crippen molar-refractivity contribution in [3.05, 3.63) is 34.6 Å². The van der Waals surface area contributed by atoms with Gasteiger partial charge >= 0.3 is 0 Å². The van der Waals surface area contributed by atoms with Crippen LogP contribution < -0.4 is 10.1 Å². The van der Waals surface area contributed by atoms with E-state index in [0.717, 1.165) is 16.8 Å². The first-order valence-corrected chi connectivity index (χ1v) is 11.3. The maximum atomic E-state index is 12.9. The van der Waals surface area contributed by atoms with Crippen molar-refractivity contribution in [3.63, 3.8) is 0 Å². The lowest BCUT2D eigenvalue weighted by atomic mass is 10.1. The summed E-state index contributed by atoms with van der Waals surface area (Å²) in [6, 6.07) is 3.95. The first-order chi connectivity index (χ1) is 15.9. The number of ether oxygens (including phenoxy) is 1. The highest BCUT2D eigenvalue weighted by Gasteiger charge is 2.21. The molecule has 0 bridgehead atoms. The maximum absolute atomic E-state index is 12.9. The molecule has 1 N–H and O–H groups in total. The van der Waals surface area contributed by atoms with Gasteiger partial charge in [-0.3, -0.25) is 14.6 Å². The number of carbonyl (C=O) groups excluding carboxylic acids is 2. The number of carbonyl (C=O) groups is 2. The van der Waals surface area contributed by atoms with Crippen molar-refractivity contribution < 1.29 is 14.3 Å². The zero-order valence-corrected chi connectivity index (χ0v) is 19.8. The summed E-state index contributed by atoms with van der Waals surface area (Å²) in [5.41, 5.74) is 3.37. The molecule has 1 aliphatic heterocycles. The second kappa shape index (κ2) is 9.49. The van der Waals surface area contributed by atoms with Crippen LogP contribution in [0.4, 0.5) is 11.5 Å². The van der Waals surface area contributed by atoms with E-state index in [0.29, 0.717) is 46.6 Å². The Morgan fingerprint density at radius 2 is 2.03 bits per heavy atom. The minimum absolute atomic E-state index is 0.0409. The van der Waals surface area contributed by atoms with Crippen LogP contribution in [0.25, 0.3) is 10.3 Å². The number of thiazole rings is 1. The molecule has 11 heteroatoms. The third-order valence-electron chi connectivity index (χ3n) is 5.17. The van der Waals surface area contributed by atoms with Crippen LogP contribution in [-0.4, -0.2) is 77.1 Å². The van der Waals surface area contributed by atoms with Crippen LogP contribution in [0.5, 0.6) is 5.75 Å². The molecule has 3 heterocycles. The number of hydrogen-bond acceptors (Lipinski definition) is 9. The summed E-state index contributed by atoms with van der Waals surface area (Å²) in [6.07, 6.45) is 3.52. The first-order valence-electron chi connectivity index (χ1n) is 10.5. The number of aromatic nitrogens is 3. The Hall–Kier alpha value is -3.60. The van der Waals surface area contributed by atoms with Crippen molar-refractivity contribution >= 4 is 51.2 Å². The van der Waals surface area contributed by atoms with Crippen LogP contribution in [0.1, 0.15) is 34.3 Å². The number of amides is 2. The number of benzene rings is 1. The predicted octanol–water partition coefficient (Wildman–Crippen LogP) is 2.71. The van der Waals surface area contributed by atoms with Crippen LogP contribution in [0.15, 0.2) is 23.5 Å². The number of nitrogens with one attached hydrogen (secondary N) is 1. The maximum Gasteiger partial charge on any atom is 0.282 e. The van der Waals surface area contributed by atoms with E-state index >= 15 is 0 Å². The van der Waals surface area contributed by atoms with E-state index in [1.807, 2.05) is 25.3 Å². The second-order valence-electron chi connectivity index (χ2n) is 7.73. The molecule has 3 aromatic rings. The van der Waals surface area contributed by atoms with E-state index in [-0.39, 0.29) is 18.2 Å². The van der Waals surface area contributed by atoms with Crippen molar-refractivity contribution in [1.82, 2.24) is 24.8 Å². The Labute approximate surface area is 195 Å². The third-order valence-corrected chi connectivity index (χ3v) is 6.12. The Morgan fingerprint density at radius 3 is 2.79 bits per heavy atom. The second-order valence-corrected chi connectivity index (χ2v) is 8.71. The fourth-order valence-corrected chi connectivity index (χ4v) is 4.23. The number of anilines is 2. The van der Waals surface area contributed by atoms with Gasteiger partial charge in [0.05, 0.1) is 18.8 Å². The molecule has 0 radical (unpaired) electrons. The van der Waals surface area contributed by atoms with Crippen molar-refractivity contribution in [3.8, 4) is 5.75 Å². The normalized spacial score (nSPS) is 12.0. The van der Waals surface area contributed by atoms with E-state index in [4.69, 9.17) is 4.74 Å². The van der Waals surface area contributed by atoms with Crippen molar-refractivity contribution in [1.29, 1.82) is 0 Å². The first kappa shape index (κ1) is 22.6. The zero-order valence-electron chi connectivity index (χ0n) is 19.0. The topological polar surface area (TPSA) is 113 Å². The summed E-state index contributed by atoms with van der Waals surface area (Å²) in [4.78, 5) is 45.8. The van der Waals surface area contributed by atoms with Gasteiger partial charge < -0.3 is 19.9 Å². The highest BCUT2D eigenvalue weighted by Crippen LogP contribution is 2.34. The summed E-state index contributed by atoms with van der Waals surface area (Å²) < 4.78 is 5.81. The van der Waals surface area contributed by atoms with Crippen LogP contribution in [-0.2, 0) is 11.3 Å². The molecule has 33 heavy (non-hydrogen) atoms. The number of nitrogens with zero attached hydrogens (tertiary/aromatic N) is 6. The minimum Gasteiger partial charge on any atom is -0.492 e. The van der Waals surface area contributed by atoms with E-state index in [9.17, 15) is 9.59 Å². The van der Waals surface area contributed by atoms with E-state index < -0.39 is 0 Å². The van der Waals surface area contributed by atoms with E-state index in [1.54, 1.807) is 21.1 Å². The van der Waals surface area contributed by atoms with Gasteiger partial charge in [0, 0.05) is 40.3 Å². The molecule has 2 aromatic heterocycles. The van der Waals surface area contributed by atoms with Gasteiger partial charge in [0.15, 0.2) is 10.8 Å². The molecular weight excluding hydrogens is 442 g/mol. The van der Waals surface area contributed by atoms with Crippen LogP contribution in [0.3, 0.4) is 0 Å². The van der Waals surface area contributed by atoms with Crippen LogP contribution >= 0.6 is 11.3 Å². The number of aliphatic imine (C=N–C) groups is 1. The van der Waals surface area contributed by atoms with Crippen LogP contribution in [0.2, 0.25) is 0 Å². The van der Waals surface area contributed by atoms with Gasteiger partial charge in [-0.15, -0.1) is 0 Å². The minimum atomic E-state index is -0.265. The summed E-state index contributed by atoms with van der Waals surface area (Å²) in [7, 11) is 5.04. The number of rotatable bonds is 8. The molecule has 2 amide bonds. The molecule has 1 aromatic carbocycles. The lowest BCUT2D eigenvalue weighted by Crippen LogP contribution is -2.32. The molecule has 1 aliphatic rings. The summed E-state index contributed by atoms with van der Waals surface area (Å²) in [5.74, 6) is 0.877. The van der Waals surface area contributed by atoms with Gasteiger partial charge in [-0.05, 0) is 30.2 Å². The average Bonchev–Trinajstić information content (AvgIpc) is 3.44. The molecule has 10 nitrogen and oxygen atoms in total. The Kier molecular flexibility index (Phi) is 6.50. The van der Waals surface area contributed by atoms with Crippen molar-refractivity contribution in [2.75, 3.05) is 39.6 Å². The van der Waals surface area contributed by atoms with Gasteiger partial charge in [-0.25, -0.2) is 15.0 Å². The van der Waals surface area contributed by atoms with Gasteiger partial charge in [0.1, 0.15) is 22.4 Å². The van der Waals surface area contributed by atoms with Gasteiger partial charge in [0.2, 0.25) is 5.91 Å². The Morgan fingerprint density at radius 1 is 1.21 bits per heavy atom. The fourth-order valence-electron chi connectivity index (χ4n) is 3.33. The molecule has 0 unspecified atom stereocenters. The molecular formula is C22H25N7O3S. The quantitative estimate of drug-likeness (QED) is 0.542. The average molecular weight is 468 g/mol. The molecule has 0 aliphatic carbocycles. The summed E-state index contributed by atoms with van der Waals surface area (Å²) >= 11 is 1.19. The van der Waals surface area contributed by atoms with Crippen molar-refractivity contribution in [2.24, 2.45) is 4.99 Å². The van der Waals surface area contributed by atoms with Gasteiger partial charge in [-0.2, -0.15) is 0 Å². The largest absolute Gasteiger partial charge is 0.492 e. The SMILES string of the molecule is CCOc1cc2c(cc1Nc1ncnc3sc(C(=O)N(C)CCC(=O)N(C)C)nc13)C=NC2. The highest BCUT2D eigenvalue weighted by molar-refractivity contribution is 7.19. The third kappa shape index (κ3) is 4.77. The number of hydrogen-bond donors (Lipinski definition) is 1. The lowest BCUT2D eigenvalue weighted by Gasteiger charge is -2.17. The van der Waals surface area contributed by atoms with E-state index in [1.165, 1.54) is 27.5 Å². The molecule has 4 rings (SSSR count). The molecule has 0 atom stereocenters. The Balaban J connectivity index is 1.59. The standard InChI is InChI=1S/C22H25N7O3S/c1-5-32-16-9-14-11-23-10-13(14)8-15(16)26-19-18-20(25-12-24-19)33-21(27-18)22(31)29(4)7-6-17(30)28(2)3/h8-10,12H,5-7,11H2,1-4H3,(H,24,25,26). The molecule has 0 saturated heterocycles. The Bertz CT molecular complexity index is 1240. The molecule has 0 saturated carbocycles. The monoisotopic (exact) mass is 467 g/mol. The smallest absolute Gasteiger partial charge is 0.282 e. The van der Waals surface area contributed by atoms with E-state index in [2.05, 4.69) is 25.3 Å². The van der Waals surface area contributed by atoms with Gasteiger partial charge in [-0.1, -0.05) is 11.3 Å². The van der Waals surface area contributed by atoms with Crippen LogP contribution in [0, 0.1) is 0 Å². The molecule has 0 fully saturated rings. The summed E-state index contributed by atoms with van der Waals surface area (Å²) in [6.45, 7) is 3.39.